The van der Waals surface area contributed by atoms with Crippen LogP contribution in [0, 0.1) is 0 Å². The van der Waals surface area contributed by atoms with E-state index in [4.69, 9.17) is 0 Å². The number of aromatic nitrogens is 2. The van der Waals surface area contributed by atoms with Crippen LogP contribution in [0.3, 0.4) is 0 Å². The van der Waals surface area contributed by atoms with Gasteiger partial charge in [-0.2, -0.15) is 5.10 Å². The maximum absolute atomic E-state index is 13.0. The fourth-order valence-corrected chi connectivity index (χ4v) is 3.13. The fraction of sp³-hybridized carbons (Fsp3) is 0.105. The van der Waals surface area contributed by atoms with E-state index in [0.29, 0.717) is 17.7 Å². The van der Waals surface area contributed by atoms with Crippen LogP contribution < -0.4 is 4.90 Å². The summed E-state index contributed by atoms with van der Waals surface area (Å²) in [5.41, 5.74) is 2.69. The smallest absolute Gasteiger partial charge is 0.327 e. The summed E-state index contributed by atoms with van der Waals surface area (Å²) in [6.07, 6.45) is 3.40. The molecule has 3 aromatic rings. The molecule has 6 nitrogen and oxygen atoms in total. The van der Waals surface area contributed by atoms with E-state index in [9.17, 15) is 14.7 Å². The molecule has 1 aliphatic heterocycles. The molecule has 0 aliphatic carbocycles. The van der Waals surface area contributed by atoms with Crippen molar-refractivity contribution in [2.45, 2.75) is 12.5 Å². The molecule has 1 aliphatic rings. The van der Waals surface area contributed by atoms with Gasteiger partial charge < -0.3 is 5.11 Å². The zero-order valence-corrected chi connectivity index (χ0v) is 13.2. The van der Waals surface area contributed by atoms with Gasteiger partial charge >= 0.3 is 5.97 Å². The Balaban J connectivity index is 1.70. The first-order valence-corrected chi connectivity index (χ1v) is 7.89. The van der Waals surface area contributed by atoms with E-state index in [2.05, 4.69) is 5.10 Å². The molecule has 0 saturated carbocycles. The molecular formula is C19H15N3O3. The zero-order chi connectivity index (χ0) is 17.4. The highest BCUT2D eigenvalue weighted by Crippen LogP contribution is 2.33. The monoisotopic (exact) mass is 333 g/mol. The van der Waals surface area contributed by atoms with E-state index in [-0.39, 0.29) is 5.91 Å². The third-order valence-corrected chi connectivity index (χ3v) is 4.33. The molecule has 1 atom stereocenters. The highest BCUT2D eigenvalue weighted by Gasteiger charge is 2.38. The van der Waals surface area contributed by atoms with Crippen molar-refractivity contribution in [1.29, 1.82) is 0 Å². The number of nitrogens with zero attached hydrogens (tertiary/aromatic N) is 3. The summed E-state index contributed by atoms with van der Waals surface area (Å²) >= 11 is 0. The van der Waals surface area contributed by atoms with Crippen LogP contribution >= 0.6 is 0 Å². The highest BCUT2D eigenvalue weighted by molar-refractivity contribution is 6.10. The number of anilines is 1. The molecular weight excluding hydrogens is 318 g/mol. The summed E-state index contributed by atoms with van der Waals surface area (Å²) in [4.78, 5) is 26.0. The van der Waals surface area contributed by atoms with E-state index in [1.807, 2.05) is 42.5 Å². The van der Waals surface area contributed by atoms with Crippen molar-refractivity contribution in [3.8, 4) is 5.69 Å². The van der Waals surface area contributed by atoms with Crippen LogP contribution in [0.25, 0.3) is 5.69 Å². The van der Waals surface area contributed by atoms with Crippen LogP contribution in [0.15, 0.2) is 67.0 Å². The summed E-state index contributed by atoms with van der Waals surface area (Å²) in [5, 5.41) is 13.7. The Morgan fingerprint density at radius 3 is 2.52 bits per heavy atom. The number of aliphatic carboxylic acids is 1. The van der Waals surface area contributed by atoms with Crippen molar-refractivity contribution in [1.82, 2.24) is 9.78 Å². The van der Waals surface area contributed by atoms with E-state index in [1.54, 1.807) is 23.0 Å². The molecule has 1 N–H and O–H groups in total. The quantitative estimate of drug-likeness (QED) is 0.799. The lowest BCUT2D eigenvalue weighted by molar-refractivity contribution is -0.138. The molecule has 1 aromatic heterocycles. The Kier molecular flexibility index (Phi) is 3.57. The molecule has 0 fully saturated rings. The van der Waals surface area contributed by atoms with Gasteiger partial charge in [0.2, 0.25) is 0 Å². The lowest BCUT2D eigenvalue weighted by Gasteiger charge is -2.21. The molecule has 2 aromatic carbocycles. The predicted molar refractivity (Wildman–Crippen MR) is 91.9 cm³/mol. The topological polar surface area (TPSA) is 75.4 Å². The number of para-hydroxylation sites is 2. The second-order valence-electron chi connectivity index (χ2n) is 5.87. The normalized spacial score (nSPS) is 15.8. The van der Waals surface area contributed by atoms with Crippen molar-refractivity contribution in [3.63, 3.8) is 0 Å². The predicted octanol–water partition coefficient (Wildman–Crippen LogP) is 2.53. The molecule has 0 saturated heterocycles. The van der Waals surface area contributed by atoms with Crippen molar-refractivity contribution >= 4 is 17.6 Å². The van der Waals surface area contributed by atoms with Gasteiger partial charge in [0.25, 0.3) is 5.91 Å². The van der Waals surface area contributed by atoms with Gasteiger partial charge in [-0.3, -0.25) is 9.69 Å². The van der Waals surface area contributed by atoms with Gasteiger partial charge in [-0.25, -0.2) is 9.48 Å². The van der Waals surface area contributed by atoms with Crippen LogP contribution in [-0.4, -0.2) is 32.8 Å². The average Bonchev–Trinajstić information content (AvgIpc) is 3.27. The van der Waals surface area contributed by atoms with E-state index in [0.717, 1.165) is 11.3 Å². The first-order chi connectivity index (χ1) is 12.1. The second-order valence-corrected chi connectivity index (χ2v) is 5.87. The van der Waals surface area contributed by atoms with Gasteiger partial charge in [-0.1, -0.05) is 36.4 Å². The van der Waals surface area contributed by atoms with Gasteiger partial charge in [0.1, 0.15) is 6.04 Å². The highest BCUT2D eigenvalue weighted by atomic mass is 16.4. The Morgan fingerprint density at radius 1 is 1.04 bits per heavy atom. The van der Waals surface area contributed by atoms with Crippen LogP contribution in [0.4, 0.5) is 5.69 Å². The van der Waals surface area contributed by atoms with Crippen LogP contribution in [-0.2, 0) is 11.2 Å². The second kappa shape index (κ2) is 5.90. The molecule has 1 amide bonds. The minimum absolute atomic E-state index is 0.310. The SMILES string of the molecule is O=C(O)C1Cc2ccccc2N1C(=O)c1cnn(-c2ccccc2)c1. The Labute approximate surface area is 143 Å². The number of fused-ring (bicyclic) bond motifs is 1. The molecule has 0 radical (unpaired) electrons. The largest absolute Gasteiger partial charge is 0.480 e. The minimum Gasteiger partial charge on any atom is -0.480 e. The molecule has 6 heteroatoms. The number of carboxylic acids is 1. The molecule has 4 rings (SSSR count). The summed E-state index contributed by atoms with van der Waals surface area (Å²) < 4.78 is 1.60. The van der Waals surface area contributed by atoms with Gasteiger partial charge in [0, 0.05) is 18.3 Å². The van der Waals surface area contributed by atoms with Crippen molar-refractivity contribution in [2.24, 2.45) is 0 Å². The molecule has 25 heavy (non-hydrogen) atoms. The average molecular weight is 333 g/mol. The van der Waals surface area contributed by atoms with Crippen LogP contribution in [0.2, 0.25) is 0 Å². The molecule has 0 bridgehead atoms. The summed E-state index contributed by atoms with van der Waals surface area (Å²) in [5.74, 6) is -1.38. The fourth-order valence-electron chi connectivity index (χ4n) is 3.13. The maximum Gasteiger partial charge on any atom is 0.327 e. The summed E-state index contributed by atoms with van der Waals surface area (Å²) in [6.45, 7) is 0. The number of carboxylic acid groups (broad SMARTS) is 1. The summed E-state index contributed by atoms with van der Waals surface area (Å²) in [6, 6.07) is 15.8. The minimum atomic E-state index is -1.01. The summed E-state index contributed by atoms with van der Waals surface area (Å²) in [7, 11) is 0. The standard InChI is InChI=1S/C19H15N3O3/c23-18(14-11-20-21(12-14)15-7-2-1-3-8-15)22-16-9-5-4-6-13(16)10-17(22)19(24)25/h1-9,11-12,17H,10H2,(H,24,25). The Hall–Kier alpha value is -3.41. The lowest BCUT2D eigenvalue weighted by Crippen LogP contribution is -2.42. The third-order valence-electron chi connectivity index (χ3n) is 4.33. The van der Waals surface area contributed by atoms with Gasteiger partial charge in [-0.05, 0) is 23.8 Å². The van der Waals surface area contributed by atoms with Gasteiger partial charge in [0.05, 0.1) is 17.4 Å². The van der Waals surface area contributed by atoms with Crippen LogP contribution in [0.5, 0.6) is 0 Å². The molecule has 0 spiro atoms. The van der Waals surface area contributed by atoms with Crippen molar-refractivity contribution < 1.29 is 14.7 Å². The molecule has 2 heterocycles. The Bertz CT molecular complexity index is 949. The number of hydrogen-bond donors (Lipinski definition) is 1. The van der Waals surface area contributed by atoms with E-state index >= 15 is 0 Å². The van der Waals surface area contributed by atoms with Gasteiger partial charge in [-0.15, -0.1) is 0 Å². The first kappa shape index (κ1) is 15.1. The Morgan fingerprint density at radius 2 is 1.76 bits per heavy atom. The van der Waals surface area contributed by atoms with Crippen molar-refractivity contribution in [3.05, 3.63) is 78.1 Å². The molecule has 124 valence electrons. The third kappa shape index (κ3) is 2.57. The van der Waals surface area contributed by atoms with E-state index in [1.165, 1.54) is 11.1 Å². The number of rotatable bonds is 3. The van der Waals surface area contributed by atoms with Crippen molar-refractivity contribution in [2.75, 3.05) is 4.90 Å². The van der Waals surface area contributed by atoms with Crippen LogP contribution in [0.1, 0.15) is 15.9 Å². The van der Waals surface area contributed by atoms with Gasteiger partial charge in [0.15, 0.2) is 0 Å². The van der Waals surface area contributed by atoms with E-state index < -0.39 is 12.0 Å². The maximum atomic E-state index is 13.0. The number of carbonyl (C=O) groups excluding carboxylic acids is 1. The number of carbonyl (C=O) groups is 2. The molecule has 1 unspecified atom stereocenters. The number of benzene rings is 2. The zero-order valence-electron chi connectivity index (χ0n) is 13.2. The first-order valence-electron chi connectivity index (χ1n) is 7.89. The number of amides is 1. The lowest BCUT2D eigenvalue weighted by atomic mass is 10.1. The number of hydrogen-bond acceptors (Lipinski definition) is 3.